The van der Waals surface area contributed by atoms with Crippen LogP contribution < -0.4 is 10.1 Å². The third-order valence-corrected chi connectivity index (χ3v) is 4.40. The number of methoxy groups -OCH3 is 1. The minimum absolute atomic E-state index is 0.193. The Labute approximate surface area is 112 Å². The second-order valence-corrected chi connectivity index (χ2v) is 5.87. The fourth-order valence-electron chi connectivity index (χ4n) is 2.16. The predicted octanol–water partition coefficient (Wildman–Crippen LogP) is 3.07. The third-order valence-electron chi connectivity index (χ3n) is 3.35. The average Bonchev–Trinajstić information content (AvgIpc) is 2.42. The lowest BCUT2D eigenvalue weighted by Crippen LogP contribution is -2.25. The van der Waals surface area contributed by atoms with Gasteiger partial charge in [0.25, 0.3) is 0 Å². The highest BCUT2D eigenvalue weighted by atomic mass is 32.2. The maximum atomic E-state index is 13.7. The van der Waals surface area contributed by atoms with Crippen LogP contribution >= 0.6 is 11.8 Å². The molecule has 100 valence electrons. The quantitative estimate of drug-likeness (QED) is 0.887. The van der Waals surface area contributed by atoms with Gasteiger partial charge in [0.1, 0.15) is 11.6 Å². The van der Waals surface area contributed by atoms with E-state index in [4.69, 9.17) is 4.74 Å². The van der Waals surface area contributed by atoms with Gasteiger partial charge in [-0.1, -0.05) is 6.07 Å². The minimum atomic E-state index is -0.193. The SMILES string of the molecule is COc1ccc(CNCC2CCSCC2)c(F)c1. The molecule has 0 bridgehead atoms. The molecule has 0 radical (unpaired) electrons. The molecule has 2 nitrogen and oxygen atoms in total. The molecule has 1 heterocycles. The number of nitrogens with one attached hydrogen (secondary N) is 1. The van der Waals surface area contributed by atoms with E-state index in [1.807, 2.05) is 11.8 Å². The number of thioether (sulfide) groups is 1. The van der Waals surface area contributed by atoms with Gasteiger partial charge in [-0.05, 0) is 42.9 Å². The molecule has 0 unspecified atom stereocenters. The fraction of sp³-hybridized carbons (Fsp3) is 0.571. The van der Waals surface area contributed by atoms with Crippen LogP contribution in [0.2, 0.25) is 0 Å². The maximum absolute atomic E-state index is 13.7. The van der Waals surface area contributed by atoms with Gasteiger partial charge in [-0.25, -0.2) is 4.39 Å². The van der Waals surface area contributed by atoms with Crippen molar-refractivity contribution in [2.24, 2.45) is 5.92 Å². The molecule has 0 spiro atoms. The molecule has 18 heavy (non-hydrogen) atoms. The molecule has 0 saturated carbocycles. The van der Waals surface area contributed by atoms with E-state index in [1.165, 1.54) is 30.4 Å². The van der Waals surface area contributed by atoms with E-state index in [0.717, 1.165) is 12.5 Å². The van der Waals surface area contributed by atoms with E-state index in [2.05, 4.69) is 5.32 Å². The van der Waals surface area contributed by atoms with Crippen LogP contribution in [0.4, 0.5) is 4.39 Å². The van der Waals surface area contributed by atoms with Crippen LogP contribution in [0.15, 0.2) is 18.2 Å². The Morgan fingerprint density at radius 1 is 1.39 bits per heavy atom. The molecule has 0 atom stereocenters. The molecule has 1 aromatic carbocycles. The first-order valence-corrected chi connectivity index (χ1v) is 7.56. The molecule has 1 fully saturated rings. The Hall–Kier alpha value is -0.740. The predicted molar refractivity (Wildman–Crippen MR) is 74.7 cm³/mol. The number of rotatable bonds is 5. The first kappa shape index (κ1) is 13.7. The maximum Gasteiger partial charge on any atom is 0.131 e. The molecule has 0 aromatic heterocycles. The molecule has 1 saturated heterocycles. The summed E-state index contributed by atoms with van der Waals surface area (Å²) in [6.45, 7) is 1.59. The van der Waals surface area contributed by atoms with E-state index >= 15 is 0 Å². The molecule has 1 N–H and O–H groups in total. The molecule has 1 aromatic rings. The second kappa shape index (κ2) is 7.00. The van der Waals surface area contributed by atoms with E-state index in [0.29, 0.717) is 17.9 Å². The van der Waals surface area contributed by atoms with Gasteiger partial charge in [0.15, 0.2) is 0 Å². The highest BCUT2D eigenvalue weighted by Crippen LogP contribution is 2.22. The van der Waals surface area contributed by atoms with E-state index < -0.39 is 0 Å². The van der Waals surface area contributed by atoms with Gasteiger partial charge >= 0.3 is 0 Å². The van der Waals surface area contributed by atoms with Crippen molar-refractivity contribution in [1.29, 1.82) is 0 Å². The lowest BCUT2D eigenvalue weighted by molar-refractivity contribution is 0.409. The highest BCUT2D eigenvalue weighted by Gasteiger charge is 2.13. The summed E-state index contributed by atoms with van der Waals surface area (Å²) in [5.41, 5.74) is 0.709. The molecule has 1 aliphatic rings. The van der Waals surface area contributed by atoms with Crippen LogP contribution in [0, 0.1) is 11.7 Å². The van der Waals surface area contributed by atoms with Crippen molar-refractivity contribution in [2.75, 3.05) is 25.2 Å². The highest BCUT2D eigenvalue weighted by molar-refractivity contribution is 7.99. The lowest BCUT2D eigenvalue weighted by atomic mass is 10.0. The van der Waals surface area contributed by atoms with Crippen LogP contribution in [0.25, 0.3) is 0 Å². The molecular formula is C14H20FNOS. The summed E-state index contributed by atoms with van der Waals surface area (Å²) >= 11 is 2.03. The number of hydrogen-bond acceptors (Lipinski definition) is 3. The third kappa shape index (κ3) is 3.89. The molecule has 2 rings (SSSR count). The second-order valence-electron chi connectivity index (χ2n) is 4.64. The molecule has 0 aliphatic carbocycles. The van der Waals surface area contributed by atoms with E-state index in [9.17, 15) is 4.39 Å². The first-order chi connectivity index (χ1) is 8.79. The lowest BCUT2D eigenvalue weighted by Gasteiger charge is -2.21. The zero-order valence-electron chi connectivity index (χ0n) is 10.7. The summed E-state index contributed by atoms with van der Waals surface area (Å²) in [5, 5.41) is 3.36. The van der Waals surface area contributed by atoms with Gasteiger partial charge in [0.2, 0.25) is 0 Å². The van der Waals surface area contributed by atoms with Crippen molar-refractivity contribution in [3.63, 3.8) is 0 Å². The molecular weight excluding hydrogens is 249 g/mol. The standard InChI is InChI=1S/C14H20FNOS/c1-17-13-3-2-12(14(15)8-13)10-16-9-11-4-6-18-7-5-11/h2-3,8,11,16H,4-7,9-10H2,1H3. The van der Waals surface area contributed by atoms with Gasteiger partial charge in [-0.15, -0.1) is 0 Å². The van der Waals surface area contributed by atoms with Crippen LogP contribution in [0.3, 0.4) is 0 Å². The Morgan fingerprint density at radius 2 is 2.17 bits per heavy atom. The smallest absolute Gasteiger partial charge is 0.131 e. The monoisotopic (exact) mass is 269 g/mol. The van der Waals surface area contributed by atoms with Gasteiger partial charge in [-0.3, -0.25) is 0 Å². The minimum Gasteiger partial charge on any atom is -0.497 e. The Kier molecular flexibility index (Phi) is 5.32. The summed E-state index contributed by atoms with van der Waals surface area (Å²) in [4.78, 5) is 0. The summed E-state index contributed by atoms with van der Waals surface area (Å²) in [6.07, 6.45) is 2.56. The first-order valence-electron chi connectivity index (χ1n) is 6.40. The normalized spacial score (nSPS) is 16.8. The van der Waals surface area contributed by atoms with Crippen molar-refractivity contribution < 1.29 is 9.13 Å². The van der Waals surface area contributed by atoms with E-state index in [-0.39, 0.29) is 5.82 Å². The van der Waals surface area contributed by atoms with Crippen molar-refractivity contribution >= 4 is 11.8 Å². The van der Waals surface area contributed by atoms with Crippen molar-refractivity contribution in [3.05, 3.63) is 29.6 Å². The summed E-state index contributed by atoms with van der Waals surface area (Å²) in [7, 11) is 1.55. The average molecular weight is 269 g/mol. The fourth-order valence-corrected chi connectivity index (χ4v) is 3.36. The van der Waals surface area contributed by atoms with Crippen LogP contribution in [-0.2, 0) is 6.54 Å². The number of halogens is 1. The Balaban J connectivity index is 1.79. The van der Waals surface area contributed by atoms with Crippen molar-refractivity contribution in [3.8, 4) is 5.75 Å². The van der Waals surface area contributed by atoms with Gasteiger partial charge in [-0.2, -0.15) is 11.8 Å². The topological polar surface area (TPSA) is 21.3 Å². The molecule has 0 amide bonds. The van der Waals surface area contributed by atoms with Crippen LogP contribution in [0.1, 0.15) is 18.4 Å². The Bertz CT molecular complexity index is 380. The molecule has 4 heteroatoms. The summed E-state index contributed by atoms with van der Waals surface area (Å²) in [5.74, 6) is 3.67. The summed E-state index contributed by atoms with van der Waals surface area (Å²) in [6, 6.07) is 5.03. The Morgan fingerprint density at radius 3 is 2.83 bits per heavy atom. The zero-order valence-corrected chi connectivity index (χ0v) is 11.6. The van der Waals surface area contributed by atoms with Gasteiger partial charge < -0.3 is 10.1 Å². The van der Waals surface area contributed by atoms with Gasteiger partial charge in [0, 0.05) is 18.2 Å². The van der Waals surface area contributed by atoms with Crippen molar-refractivity contribution in [1.82, 2.24) is 5.32 Å². The summed E-state index contributed by atoms with van der Waals surface area (Å²) < 4.78 is 18.7. The number of hydrogen-bond donors (Lipinski definition) is 1. The van der Waals surface area contributed by atoms with Gasteiger partial charge in [0.05, 0.1) is 7.11 Å². The number of benzene rings is 1. The van der Waals surface area contributed by atoms with Crippen LogP contribution in [0.5, 0.6) is 5.75 Å². The van der Waals surface area contributed by atoms with Crippen LogP contribution in [-0.4, -0.2) is 25.2 Å². The number of ether oxygens (including phenoxy) is 1. The van der Waals surface area contributed by atoms with E-state index in [1.54, 1.807) is 19.2 Å². The largest absolute Gasteiger partial charge is 0.497 e. The molecule has 1 aliphatic heterocycles. The van der Waals surface area contributed by atoms with Crippen molar-refractivity contribution in [2.45, 2.75) is 19.4 Å². The zero-order chi connectivity index (χ0) is 12.8.